The minimum Gasteiger partial charge on any atom is -0.318 e. The summed E-state index contributed by atoms with van der Waals surface area (Å²) in [5.74, 6) is -0.219. The fraction of sp³-hybridized carbons (Fsp3) is 0.150. The number of amidine groups is 2. The van der Waals surface area contributed by atoms with E-state index in [1.807, 2.05) is 57.3 Å². The molecule has 5 nitrogen and oxygen atoms in total. The SMILES string of the molecule is CC1=CN2C(=N)C(=Cc3cc(C)n(-c4ccc(Cl)cc4)c3C)C(=O)N=C2S1. The van der Waals surface area contributed by atoms with Gasteiger partial charge in [-0.05, 0) is 62.7 Å². The fourth-order valence-electron chi connectivity index (χ4n) is 3.28. The Morgan fingerprint density at radius 1 is 1.19 bits per heavy atom. The quantitative estimate of drug-likeness (QED) is 0.733. The van der Waals surface area contributed by atoms with E-state index in [0.717, 1.165) is 27.5 Å². The number of nitrogens with one attached hydrogen (secondary N) is 1. The zero-order valence-electron chi connectivity index (χ0n) is 15.1. The summed E-state index contributed by atoms with van der Waals surface area (Å²) in [5, 5.41) is 9.67. The maximum absolute atomic E-state index is 12.5. The zero-order valence-corrected chi connectivity index (χ0v) is 16.6. The minimum atomic E-state index is -0.377. The van der Waals surface area contributed by atoms with Crippen LogP contribution in [-0.2, 0) is 4.79 Å². The first-order valence-corrected chi connectivity index (χ1v) is 9.58. The van der Waals surface area contributed by atoms with Crippen LogP contribution in [0.2, 0.25) is 5.02 Å². The van der Waals surface area contributed by atoms with E-state index in [2.05, 4.69) is 9.56 Å². The molecule has 1 aromatic heterocycles. The third kappa shape index (κ3) is 3.05. The first-order valence-electron chi connectivity index (χ1n) is 8.39. The highest BCUT2D eigenvalue weighted by Crippen LogP contribution is 2.33. The second kappa shape index (κ2) is 6.55. The van der Waals surface area contributed by atoms with E-state index in [1.54, 1.807) is 11.0 Å². The molecule has 3 heterocycles. The van der Waals surface area contributed by atoms with Crippen LogP contribution in [0.1, 0.15) is 23.9 Å². The summed E-state index contributed by atoms with van der Waals surface area (Å²) in [6.07, 6.45) is 3.59. The minimum absolute atomic E-state index is 0.158. The Morgan fingerprint density at radius 2 is 1.89 bits per heavy atom. The average Bonchev–Trinajstić information content (AvgIpc) is 3.12. The summed E-state index contributed by atoms with van der Waals surface area (Å²) in [6.45, 7) is 5.94. The number of aliphatic imine (C=N–C) groups is 1. The molecule has 1 N–H and O–H groups in total. The molecule has 0 aliphatic carbocycles. The maximum atomic E-state index is 12.5. The molecule has 7 heteroatoms. The fourth-order valence-corrected chi connectivity index (χ4v) is 4.22. The van der Waals surface area contributed by atoms with E-state index in [0.29, 0.717) is 15.8 Å². The van der Waals surface area contributed by atoms with Crippen LogP contribution in [0, 0.1) is 19.3 Å². The highest BCUT2D eigenvalue weighted by Gasteiger charge is 2.33. The maximum Gasteiger partial charge on any atom is 0.283 e. The van der Waals surface area contributed by atoms with Crippen LogP contribution in [0.4, 0.5) is 0 Å². The van der Waals surface area contributed by atoms with Crippen molar-refractivity contribution in [3.63, 3.8) is 0 Å². The lowest BCUT2D eigenvalue weighted by atomic mass is 10.1. The predicted molar refractivity (Wildman–Crippen MR) is 112 cm³/mol. The number of aromatic nitrogens is 1. The van der Waals surface area contributed by atoms with Crippen LogP contribution in [0.3, 0.4) is 0 Å². The van der Waals surface area contributed by atoms with Gasteiger partial charge in [-0.1, -0.05) is 23.4 Å². The Bertz CT molecular complexity index is 1080. The number of nitrogens with zero attached hydrogens (tertiary/aromatic N) is 3. The summed E-state index contributed by atoms with van der Waals surface area (Å²) in [4.78, 5) is 19.3. The number of hydrogen-bond donors (Lipinski definition) is 1. The number of amides is 1. The summed E-state index contributed by atoms with van der Waals surface area (Å²) in [5.41, 5.74) is 4.20. The van der Waals surface area contributed by atoms with Crippen molar-refractivity contribution in [2.75, 3.05) is 0 Å². The molecule has 0 spiro atoms. The number of halogens is 1. The normalized spacial score (nSPS) is 18.1. The van der Waals surface area contributed by atoms with Gasteiger partial charge in [0.2, 0.25) is 0 Å². The van der Waals surface area contributed by atoms with Gasteiger partial charge in [0.25, 0.3) is 5.91 Å². The van der Waals surface area contributed by atoms with Gasteiger partial charge in [-0.2, -0.15) is 4.99 Å². The monoisotopic (exact) mass is 396 g/mol. The van der Waals surface area contributed by atoms with Crippen LogP contribution in [0.25, 0.3) is 11.8 Å². The number of fused-ring (bicyclic) bond motifs is 1. The van der Waals surface area contributed by atoms with Gasteiger partial charge in [0, 0.05) is 33.2 Å². The Morgan fingerprint density at radius 3 is 2.59 bits per heavy atom. The number of aryl methyl sites for hydroxylation is 1. The Kier molecular flexibility index (Phi) is 4.32. The molecule has 0 bridgehead atoms. The standard InChI is InChI=1S/C20H17ClN4OS/c1-11-8-14(13(3)25(11)16-6-4-15(21)5-7-16)9-17-18(22)24-10-12(2)27-20(24)23-19(17)26/h4-10,22H,1-3H3. The topological polar surface area (TPSA) is 61.5 Å². The molecule has 27 heavy (non-hydrogen) atoms. The van der Waals surface area contributed by atoms with Crippen molar-refractivity contribution >= 4 is 46.3 Å². The van der Waals surface area contributed by atoms with Crippen LogP contribution >= 0.6 is 23.4 Å². The first kappa shape index (κ1) is 17.8. The molecule has 136 valence electrons. The number of carbonyl (C=O) groups excluding carboxylic acids is 1. The van der Waals surface area contributed by atoms with Gasteiger partial charge in [0.15, 0.2) is 5.17 Å². The van der Waals surface area contributed by atoms with Crippen molar-refractivity contribution in [3.05, 3.63) is 69.0 Å². The van der Waals surface area contributed by atoms with Crippen molar-refractivity contribution < 1.29 is 4.79 Å². The lowest BCUT2D eigenvalue weighted by molar-refractivity contribution is -0.114. The number of allylic oxidation sites excluding steroid dienone is 1. The Labute approximate surface area is 166 Å². The molecular weight excluding hydrogens is 380 g/mol. The second-order valence-corrected chi connectivity index (χ2v) is 8.11. The van der Waals surface area contributed by atoms with Crippen molar-refractivity contribution in [1.82, 2.24) is 9.47 Å². The lowest BCUT2D eigenvalue weighted by Crippen LogP contribution is -2.35. The van der Waals surface area contributed by atoms with Gasteiger partial charge < -0.3 is 4.57 Å². The largest absolute Gasteiger partial charge is 0.318 e. The smallest absolute Gasteiger partial charge is 0.283 e. The van der Waals surface area contributed by atoms with E-state index in [9.17, 15) is 4.79 Å². The Balaban J connectivity index is 1.77. The van der Waals surface area contributed by atoms with E-state index < -0.39 is 0 Å². The van der Waals surface area contributed by atoms with Crippen LogP contribution in [0.15, 0.2) is 52.0 Å². The number of rotatable bonds is 2. The van der Waals surface area contributed by atoms with Crippen molar-refractivity contribution in [1.29, 1.82) is 5.41 Å². The number of carbonyl (C=O) groups is 1. The predicted octanol–water partition coefficient (Wildman–Crippen LogP) is 4.91. The molecule has 1 amide bonds. The van der Waals surface area contributed by atoms with Gasteiger partial charge in [0.1, 0.15) is 5.84 Å². The molecule has 2 aliphatic heterocycles. The molecule has 1 aromatic carbocycles. The van der Waals surface area contributed by atoms with Crippen LogP contribution in [0.5, 0.6) is 0 Å². The highest BCUT2D eigenvalue weighted by molar-refractivity contribution is 8.17. The lowest BCUT2D eigenvalue weighted by Gasteiger charge is -2.22. The van der Waals surface area contributed by atoms with Gasteiger partial charge in [-0.15, -0.1) is 0 Å². The highest BCUT2D eigenvalue weighted by atomic mass is 35.5. The molecular formula is C20H17ClN4OS. The molecule has 0 atom stereocenters. The zero-order chi connectivity index (χ0) is 19.3. The van der Waals surface area contributed by atoms with Crippen LogP contribution < -0.4 is 0 Å². The summed E-state index contributed by atoms with van der Waals surface area (Å²) in [6, 6.07) is 9.63. The Hall–Kier alpha value is -2.57. The van der Waals surface area contributed by atoms with Gasteiger partial charge in [-0.25, -0.2) is 0 Å². The molecule has 0 saturated heterocycles. The number of hydrogen-bond acceptors (Lipinski definition) is 3. The number of benzene rings is 1. The summed E-state index contributed by atoms with van der Waals surface area (Å²) in [7, 11) is 0. The summed E-state index contributed by atoms with van der Waals surface area (Å²) >= 11 is 7.40. The van der Waals surface area contributed by atoms with E-state index >= 15 is 0 Å². The molecule has 0 unspecified atom stereocenters. The average molecular weight is 397 g/mol. The number of thioether (sulfide) groups is 1. The van der Waals surface area contributed by atoms with Crippen LogP contribution in [-0.4, -0.2) is 26.4 Å². The third-order valence-electron chi connectivity index (χ3n) is 4.55. The molecule has 2 aromatic rings. The van der Waals surface area contributed by atoms with Crippen molar-refractivity contribution in [2.45, 2.75) is 20.8 Å². The van der Waals surface area contributed by atoms with E-state index in [-0.39, 0.29) is 11.7 Å². The molecule has 0 fully saturated rings. The summed E-state index contributed by atoms with van der Waals surface area (Å²) < 4.78 is 2.10. The molecule has 0 radical (unpaired) electrons. The molecule has 4 rings (SSSR count). The van der Waals surface area contributed by atoms with E-state index in [1.165, 1.54) is 11.8 Å². The first-order chi connectivity index (χ1) is 12.8. The van der Waals surface area contributed by atoms with Crippen molar-refractivity contribution in [3.8, 4) is 5.69 Å². The molecule has 0 saturated carbocycles. The van der Waals surface area contributed by atoms with Gasteiger partial charge in [-0.3, -0.25) is 15.1 Å². The van der Waals surface area contributed by atoms with Gasteiger partial charge >= 0.3 is 0 Å². The molecule has 2 aliphatic rings. The van der Waals surface area contributed by atoms with Crippen molar-refractivity contribution in [2.24, 2.45) is 4.99 Å². The second-order valence-electron chi connectivity index (χ2n) is 6.46. The van der Waals surface area contributed by atoms with Gasteiger partial charge in [0.05, 0.1) is 5.57 Å². The van der Waals surface area contributed by atoms with E-state index in [4.69, 9.17) is 17.0 Å². The third-order valence-corrected chi connectivity index (χ3v) is 5.70.